The van der Waals surface area contributed by atoms with E-state index in [0.717, 1.165) is 5.56 Å². The van der Waals surface area contributed by atoms with Gasteiger partial charge in [0.15, 0.2) is 6.54 Å². The van der Waals surface area contributed by atoms with Crippen LogP contribution >= 0.6 is 0 Å². The van der Waals surface area contributed by atoms with Crippen LogP contribution in [0.5, 0.6) is 0 Å². The third-order valence-corrected chi connectivity index (χ3v) is 3.20. The van der Waals surface area contributed by atoms with Crippen molar-refractivity contribution >= 4 is 11.9 Å². The summed E-state index contributed by atoms with van der Waals surface area (Å²) in [5.74, 6) is -0.372. The van der Waals surface area contributed by atoms with E-state index >= 15 is 0 Å². The fourth-order valence-electron chi connectivity index (χ4n) is 2.19. The van der Waals surface area contributed by atoms with E-state index in [-0.39, 0.29) is 36.3 Å². The molecule has 6 heteroatoms. The van der Waals surface area contributed by atoms with Crippen LogP contribution in [0.3, 0.4) is 0 Å². The molecule has 0 radical (unpaired) electrons. The first-order valence-electron chi connectivity index (χ1n) is 7.48. The summed E-state index contributed by atoms with van der Waals surface area (Å²) in [4.78, 5) is 23.2. The highest BCUT2D eigenvalue weighted by Crippen LogP contribution is 2.17. The van der Waals surface area contributed by atoms with E-state index < -0.39 is 6.03 Å². The molecular formula is C16H25FN3O2+. The number of nitrogens with two attached hydrogens (primary N) is 1. The smallest absolute Gasteiger partial charge is 0.321 e. The number of nitrogens with one attached hydrogen (secondary N) is 2. The minimum atomic E-state index is -0.490. The number of carbonyl (C=O) groups is 2. The monoisotopic (exact) mass is 310 g/mol. The summed E-state index contributed by atoms with van der Waals surface area (Å²) < 4.78 is 13.0. The highest BCUT2D eigenvalue weighted by Gasteiger charge is 2.21. The van der Waals surface area contributed by atoms with Gasteiger partial charge in [-0.1, -0.05) is 26.0 Å². The molecule has 0 spiro atoms. The predicted octanol–water partition coefficient (Wildman–Crippen LogP) is 1.32. The van der Waals surface area contributed by atoms with Crippen LogP contribution in [0.4, 0.5) is 9.18 Å². The van der Waals surface area contributed by atoms with E-state index in [1.165, 1.54) is 12.1 Å². The van der Waals surface area contributed by atoms with E-state index in [1.807, 2.05) is 33.0 Å². The fourth-order valence-corrected chi connectivity index (χ4v) is 2.19. The van der Waals surface area contributed by atoms with Gasteiger partial charge in [0.05, 0.1) is 0 Å². The lowest BCUT2D eigenvalue weighted by atomic mass is 9.96. The SMILES string of the molecule is CC(C)NC(=O)NC(=O)C[NH2+][C@@H](c1ccc(F)cc1)C(C)C. The number of halogens is 1. The highest BCUT2D eigenvalue weighted by molar-refractivity contribution is 5.94. The van der Waals surface area contributed by atoms with Crippen LogP contribution in [-0.2, 0) is 4.79 Å². The Morgan fingerprint density at radius 2 is 1.73 bits per heavy atom. The van der Waals surface area contributed by atoms with Crippen molar-refractivity contribution < 1.29 is 19.3 Å². The third-order valence-electron chi connectivity index (χ3n) is 3.20. The van der Waals surface area contributed by atoms with E-state index in [4.69, 9.17) is 0 Å². The van der Waals surface area contributed by atoms with Crippen LogP contribution in [0.25, 0.3) is 0 Å². The predicted molar refractivity (Wildman–Crippen MR) is 82.6 cm³/mol. The first-order chi connectivity index (χ1) is 10.3. The maximum absolute atomic E-state index is 13.0. The Balaban J connectivity index is 2.56. The molecule has 4 N–H and O–H groups in total. The summed E-state index contributed by atoms with van der Waals surface area (Å²) in [6.07, 6.45) is 0. The zero-order valence-corrected chi connectivity index (χ0v) is 13.5. The lowest BCUT2D eigenvalue weighted by molar-refractivity contribution is -0.692. The van der Waals surface area contributed by atoms with Gasteiger partial charge in [0.2, 0.25) is 0 Å². The lowest BCUT2D eigenvalue weighted by Gasteiger charge is -2.19. The van der Waals surface area contributed by atoms with Crippen LogP contribution in [0.15, 0.2) is 24.3 Å². The normalized spacial score (nSPS) is 12.3. The van der Waals surface area contributed by atoms with Crippen molar-refractivity contribution in [1.29, 1.82) is 0 Å². The average molecular weight is 310 g/mol. The Morgan fingerprint density at radius 1 is 1.14 bits per heavy atom. The second-order valence-corrected chi connectivity index (χ2v) is 5.94. The molecule has 0 aromatic heterocycles. The van der Waals surface area contributed by atoms with Crippen molar-refractivity contribution in [1.82, 2.24) is 10.6 Å². The molecule has 1 aromatic carbocycles. The first-order valence-corrected chi connectivity index (χ1v) is 7.48. The molecule has 0 fully saturated rings. The molecule has 0 saturated carbocycles. The van der Waals surface area contributed by atoms with Crippen LogP contribution < -0.4 is 16.0 Å². The van der Waals surface area contributed by atoms with Crippen molar-refractivity contribution in [3.8, 4) is 0 Å². The number of urea groups is 1. The zero-order valence-electron chi connectivity index (χ0n) is 13.5. The van der Waals surface area contributed by atoms with E-state index in [1.54, 1.807) is 12.1 Å². The molecule has 3 amide bonds. The van der Waals surface area contributed by atoms with Gasteiger partial charge in [0.25, 0.3) is 5.91 Å². The van der Waals surface area contributed by atoms with Crippen molar-refractivity contribution in [3.63, 3.8) is 0 Å². The topological polar surface area (TPSA) is 74.8 Å². The highest BCUT2D eigenvalue weighted by atomic mass is 19.1. The molecule has 22 heavy (non-hydrogen) atoms. The van der Waals surface area contributed by atoms with Crippen LogP contribution in [0.2, 0.25) is 0 Å². The summed E-state index contributed by atoms with van der Waals surface area (Å²) in [7, 11) is 0. The summed E-state index contributed by atoms with van der Waals surface area (Å²) >= 11 is 0. The molecule has 0 saturated heterocycles. The molecule has 5 nitrogen and oxygen atoms in total. The number of amides is 3. The van der Waals surface area contributed by atoms with Crippen molar-refractivity contribution in [2.75, 3.05) is 6.54 Å². The van der Waals surface area contributed by atoms with Crippen LogP contribution in [-0.4, -0.2) is 24.5 Å². The molecular weight excluding hydrogens is 285 g/mol. The molecule has 1 atom stereocenters. The minimum Gasteiger partial charge on any atom is -0.336 e. The Kier molecular flexibility index (Phi) is 6.98. The molecule has 1 rings (SSSR count). The van der Waals surface area contributed by atoms with Crippen LogP contribution in [0.1, 0.15) is 39.3 Å². The molecule has 0 aliphatic carbocycles. The molecule has 0 bridgehead atoms. The largest absolute Gasteiger partial charge is 0.336 e. The summed E-state index contributed by atoms with van der Waals surface area (Å²) in [6, 6.07) is 5.78. The Morgan fingerprint density at radius 3 is 2.23 bits per heavy atom. The number of quaternary nitrogens is 1. The zero-order chi connectivity index (χ0) is 16.7. The minimum absolute atomic E-state index is 0.0273. The summed E-state index contributed by atoms with van der Waals surface area (Å²) in [5, 5.41) is 6.74. The van der Waals surface area contributed by atoms with Crippen molar-refractivity contribution in [2.24, 2.45) is 5.92 Å². The van der Waals surface area contributed by atoms with Gasteiger partial charge in [0, 0.05) is 17.5 Å². The number of rotatable bonds is 6. The van der Waals surface area contributed by atoms with Gasteiger partial charge in [-0.3, -0.25) is 10.1 Å². The molecule has 0 heterocycles. The standard InChI is InChI=1S/C16H24FN3O2/c1-10(2)15(12-5-7-13(17)8-6-12)18-9-14(21)20-16(22)19-11(3)4/h5-8,10-11,15,18H,9H2,1-4H3,(H2,19,20,21,22)/p+1/t15-/m1/s1. The van der Waals surface area contributed by atoms with Crippen molar-refractivity contribution in [2.45, 2.75) is 39.8 Å². The quantitative estimate of drug-likeness (QED) is 0.741. The van der Waals surface area contributed by atoms with Gasteiger partial charge in [-0.2, -0.15) is 0 Å². The lowest BCUT2D eigenvalue weighted by Crippen LogP contribution is -2.88. The summed E-state index contributed by atoms with van der Waals surface area (Å²) in [6.45, 7) is 7.84. The molecule has 0 aliphatic rings. The Bertz CT molecular complexity index is 501. The maximum atomic E-state index is 13.0. The maximum Gasteiger partial charge on any atom is 0.321 e. The Hall–Kier alpha value is -1.95. The molecule has 1 aromatic rings. The third kappa shape index (κ3) is 6.22. The van der Waals surface area contributed by atoms with Crippen molar-refractivity contribution in [3.05, 3.63) is 35.6 Å². The van der Waals surface area contributed by atoms with Gasteiger partial charge in [-0.25, -0.2) is 9.18 Å². The number of hydrogen-bond acceptors (Lipinski definition) is 2. The molecule has 0 aliphatic heterocycles. The van der Waals surface area contributed by atoms with E-state index in [0.29, 0.717) is 0 Å². The average Bonchev–Trinajstić information content (AvgIpc) is 2.39. The number of carbonyl (C=O) groups excluding carboxylic acids is 2. The van der Waals surface area contributed by atoms with Gasteiger partial charge in [-0.05, 0) is 26.0 Å². The first kappa shape index (κ1) is 18.1. The van der Waals surface area contributed by atoms with E-state index in [9.17, 15) is 14.0 Å². The molecule has 0 unspecified atom stereocenters. The summed E-state index contributed by atoms with van der Waals surface area (Å²) in [5.41, 5.74) is 0.954. The number of benzene rings is 1. The van der Waals surface area contributed by atoms with Gasteiger partial charge >= 0.3 is 6.03 Å². The second-order valence-electron chi connectivity index (χ2n) is 5.94. The van der Waals surface area contributed by atoms with Gasteiger partial charge in [-0.15, -0.1) is 0 Å². The molecule has 122 valence electrons. The number of hydrogen-bond donors (Lipinski definition) is 3. The number of imide groups is 1. The van der Waals surface area contributed by atoms with E-state index in [2.05, 4.69) is 10.6 Å². The Labute approximate surface area is 130 Å². The fraction of sp³-hybridized carbons (Fsp3) is 0.500. The second kappa shape index (κ2) is 8.48. The van der Waals surface area contributed by atoms with Gasteiger partial charge in [0.1, 0.15) is 11.9 Å². The van der Waals surface area contributed by atoms with Gasteiger partial charge < -0.3 is 10.6 Å². The van der Waals surface area contributed by atoms with Crippen LogP contribution in [0, 0.1) is 11.7 Å².